The zero-order valence-electron chi connectivity index (χ0n) is 14.1. The number of amides is 1. The Morgan fingerprint density at radius 2 is 2.00 bits per heavy atom. The molecule has 3 atom stereocenters. The van der Waals surface area contributed by atoms with Crippen LogP contribution in [0.15, 0.2) is 24.3 Å². The van der Waals surface area contributed by atoms with Crippen molar-refractivity contribution in [3.8, 4) is 0 Å². The van der Waals surface area contributed by atoms with E-state index in [9.17, 15) is 31.5 Å². The number of benzene rings is 1. The van der Waals surface area contributed by atoms with Crippen molar-refractivity contribution in [2.45, 2.75) is 49.9 Å². The van der Waals surface area contributed by atoms with Gasteiger partial charge >= 0.3 is 6.18 Å². The SMILES string of the molecule is CC(O)(C(N)C(=O)NS(=O)(=O)CCC1CCc2ccccc21)C(F)(F)F. The number of aryl methyl sites for hydroxylation is 1. The van der Waals surface area contributed by atoms with Gasteiger partial charge in [0.2, 0.25) is 10.0 Å². The van der Waals surface area contributed by atoms with Gasteiger partial charge in [-0.15, -0.1) is 0 Å². The van der Waals surface area contributed by atoms with E-state index in [1.54, 1.807) is 0 Å². The molecule has 10 heteroatoms. The van der Waals surface area contributed by atoms with Crippen molar-refractivity contribution in [1.82, 2.24) is 4.72 Å². The molecular formula is C16H21F3N2O4S. The van der Waals surface area contributed by atoms with Crippen LogP contribution in [-0.2, 0) is 21.2 Å². The van der Waals surface area contributed by atoms with Gasteiger partial charge in [-0.3, -0.25) is 9.52 Å². The summed E-state index contributed by atoms with van der Waals surface area (Å²) in [4.78, 5) is 11.8. The van der Waals surface area contributed by atoms with E-state index >= 15 is 0 Å². The van der Waals surface area contributed by atoms with Crippen LogP contribution in [0.25, 0.3) is 0 Å². The third-order valence-electron chi connectivity index (χ3n) is 4.71. The number of carbonyl (C=O) groups is 1. The molecule has 1 aromatic rings. The van der Waals surface area contributed by atoms with E-state index in [0.29, 0.717) is 6.92 Å². The average Bonchev–Trinajstić information content (AvgIpc) is 2.94. The first-order chi connectivity index (χ1) is 11.8. The second-order valence-corrected chi connectivity index (χ2v) is 8.47. The van der Waals surface area contributed by atoms with Crippen LogP contribution >= 0.6 is 0 Å². The highest BCUT2D eigenvalue weighted by Gasteiger charge is 2.56. The van der Waals surface area contributed by atoms with Crippen molar-refractivity contribution < 1.29 is 31.5 Å². The summed E-state index contributed by atoms with van der Waals surface area (Å²) < 4.78 is 63.7. The van der Waals surface area contributed by atoms with Crippen LogP contribution in [0.5, 0.6) is 0 Å². The summed E-state index contributed by atoms with van der Waals surface area (Å²) in [6.45, 7) is 0.319. The number of fused-ring (bicyclic) bond motifs is 1. The van der Waals surface area contributed by atoms with Crippen molar-refractivity contribution >= 4 is 15.9 Å². The van der Waals surface area contributed by atoms with Crippen molar-refractivity contribution in [3.05, 3.63) is 35.4 Å². The molecule has 146 valence electrons. The largest absolute Gasteiger partial charge is 0.418 e. The van der Waals surface area contributed by atoms with E-state index in [-0.39, 0.29) is 12.3 Å². The molecule has 0 aromatic heterocycles. The normalized spacial score (nSPS) is 20.9. The van der Waals surface area contributed by atoms with Crippen LogP contribution in [-0.4, -0.2) is 43.0 Å². The summed E-state index contributed by atoms with van der Waals surface area (Å²) in [5.41, 5.74) is 3.77. The molecule has 0 fully saturated rings. The molecule has 0 radical (unpaired) electrons. The Kier molecular flexibility index (Phi) is 5.69. The van der Waals surface area contributed by atoms with Crippen molar-refractivity contribution in [2.24, 2.45) is 5.73 Å². The molecular weight excluding hydrogens is 373 g/mol. The molecule has 0 bridgehead atoms. The van der Waals surface area contributed by atoms with Gasteiger partial charge < -0.3 is 10.8 Å². The lowest BCUT2D eigenvalue weighted by Gasteiger charge is -2.30. The molecule has 2 rings (SSSR count). The van der Waals surface area contributed by atoms with Gasteiger partial charge in [-0.05, 0) is 43.2 Å². The number of halogens is 3. The molecule has 0 saturated carbocycles. The Hall–Kier alpha value is -1.65. The van der Waals surface area contributed by atoms with Gasteiger partial charge in [-0.2, -0.15) is 13.2 Å². The number of aliphatic hydroxyl groups is 1. The second-order valence-electron chi connectivity index (χ2n) is 6.63. The quantitative estimate of drug-likeness (QED) is 0.672. The fourth-order valence-electron chi connectivity index (χ4n) is 2.94. The minimum atomic E-state index is -5.18. The van der Waals surface area contributed by atoms with Gasteiger partial charge in [0.1, 0.15) is 6.04 Å². The van der Waals surface area contributed by atoms with Crippen LogP contribution in [0, 0.1) is 0 Å². The third kappa shape index (κ3) is 4.36. The first-order valence-electron chi connectivity index (χ1n) is 8.02. The number of nitrogens with two attached hydrogens (primary N) is 1. The third-order valence-corrected chi connectivity index (χ3v) is 6.00. The molecule has 0 heterocycles. The maximum Gasteiger partial charge on any atom is 0.418 e. The van der Waals surface area contributed by atoms with Crippen molar-refractivity contribution in [2.75, 3.05) is 5.75 Å². The fourth-order valence-corrected chi connectivity index (χ4v) is 4.07. The lowest BCUT2D eigenvalue weighted by Crippen LogP contribution is -2.62. The molecule has 3 unspecified atom stereocenters. The second kappa shape index (κ2) is 7.16. The number of nitrogens with one attached hydrogen (secondary N) is 1. The highest BCUT2D eigenvalue weighted by molar-refractivity contribution is 7.90. The number of sulfonamides is 1. The number of rotatable bonds is 6. The summed E-state index contributed by atoms with van der Waals surface area (Å²) >= 11 is 0. The van der Waals surface area contributed by atoms with E-state index in [4.69, 9.17) is 5.73 Å². The zero-order valence-corrected chi connectivity index (χ0v) is 14.9. The smallest absolute Gasteiger partial charge is 0.379 e. The van der Waals surface area contributed by atoms with Gasteiger partial charge in [0.15, 0.2) is 5.60 Å². The van der Waals surface area contributed by atoms with Gasteiger partial charge in [0.05, 0.1) is 5.75 Å². The molecule has 1 aliphatic carbocycles. The molecule has 6 nitrogen and oxygen atoms in total. The highest BCUT2D eigenvalue weighted by atomic mass is 32.2. The number of hydrogen-bond donors (Lipinski definition) is 3. The van der Waals surface area contributed by atoms with Gasteiger partial charge in [0.25, 0.3) is 5.91 Å². The molecule has 26 heavy (non-hydrogen) atoms. The minimum Gasteiger partial charge on any atom is -0.379 e. The molecule has 1 aromatic carbocycles. The van der Waals surface area contributed by atoms with Crippen LogP contribution in [0.4, 0.5) is 13.2 Å². The predicted octanol–water partition coefficient (Wildman–Crippen LogP) is 1.19. The fraction of sp³-hybridized carbons (Fsp3) is 0.562. The Balaban J connectivity index is 1.98. The Bertz CT molecular complexity index is 778. The molecule has 0 saturated heterocycles. The van der Waals surface area contributed by atoms with Crippen LogP contribution in [0.2, 0.25) is 0 Å². The number of alkyl halides is 3. The van der Waals surface area contributed by atoms with E-state index in [0.717, 1.165) is 24.0 Å². The maximum atomic E-state index is 12.7. The molecule has 0 aliphatic heterocycles. The lowest BCUT2D eigenvalue weighted by atomic mass is 9.96. The van der Waals surface area contributed by atoms with E-state index in [1.165, 1.54) is 4.72 Å². The first kappa shape index (κ1) is 20.7. The van der Waals surface area contributed by atoms with E-state index in [2.05, 4.69) is 0 Å². The maximum absolute atomic E-state index is 12.7. The summed E-state index contributed by atoms with van der Waals surface area (Å²) in [6.07, 6.45) is -3.36. The van der Waals surface area contributed by atoms with Gasteiger partial charge in [0, 0.05) is 0 Å². The van der Waals surface area contributed by atoms with Gasteiger partial charge in [-0.25, -0.2) is 8.42 Å². The zero-order chi connectivity index (χ0) is 19.8. The van der Waals surface area contributed by atoms with E-state index in [1.807, 2.05) is 24.3 Å². The van der Waals surface area contributed by atoms with Crippen LogP contribution < -0.4 is 10.5 Å². The monoisotopic (exact) mass is 394 g/mol. The number of hydrogen-bond acceptors (Lipinski definition) is 5. The molecule has 4 N–H and O–H groups in total. The Morgan fingerprint density at radius 3 is 2.62 bits per heavy atom. The van der Waals surface area contributed by atoms with Gasteiger partial charge in [-0.1, -0.05) is 24.3 Å². The van der Waals surface area contributed by atoms with E-state index < -0.39 is 39.5 Å². The summed E-state index contributed by atoms with van der Waals surface area (Å²) in [6, 6.07) is 5.15. The summed E-state index contributed by atoms with van der Waals surface area (Å²) in [7, 11) is -4.18. The molecule has 1 aliphatic rings. The highest BCUT2D eigenvalue weighted by Crippen LogP contribution is 2.35. The Labute approximate surface area is 149 Å². The summed E-state index contributed by atoms with van der Waals surface area (Å²) in [5.74, 6) is -2.03. The predicted molar refractivity (Wildman–Crippen MR) is 88.7 cm³/mol. The Morgan fingerprint density at radius 1 is 1.38 bits per heavy atom. The van der Waals surface area contributed by atoms with Crippen molar-refractivity contribution in [1.29, 1.82) is 0 Å². The topological polar surface area (TPSA) is 109 Å². The molecule has 1 amide bonds. The van der Waals surface area contributed by atoms with Crippen LogP contribution in [0.3, 0.4) is 0 Å². The molecule has 0 spiro atoms. The standard InChI is InChI=1S/C16H21F3N2O4S/c1-15(23,16(17,18)19)13(20)14(22)21-26(24,25)9-8-11-7-6-10-4-2-3-5-12(10)11/h2-5,11,13,23H,6-9,20H2,1H3,(H,21,22). The van der Waals surface area contributed by atoms with Crippen LogP contribution in [0.1, 0.15) is 36.8 Å². The average molecular weight is 394 g/mol. The lowest BCUT2D eigenvalue weighted by molar-refractivity contribution is -0.258. The van der Waals surface area contributed by atoms with Crippen molar-refractivity contribution in [3.63, 3.8) is 0 Å². The first-order valence-corrected chi connectivity index (χ1v) is 9.67. The minimum absolute atomic E-state index is 0.00448. The summed E-state index contributed by atoms with van der Waals surface area (Å²) in [5, 5.41) is 9.39. The number of carbonyl (C=O) groups excluding carboxylic acids is 1.